The number of allylic oxidation sites excluding steroid dienone is 9. The van der Waals surface area contributed by atoms with Gasteiger partial charge in [-0.25, -0.2) is 0 Å². The van der Waals surface area contributed by atoms with Crippen LogP contribution in [-0.2, 0) is 19.0 Å². The highest BCUT2D eigenvalue weighted by Gasteiger charge is 2.59. The van der Waals surface area contributed by atoms with Crippen LogP contribution in [-0.4, -0.2) is 64.7 Å². The molecule has 0 aromatic rings. The first-order valence-corrected chi connectivity index (χ1v) is 25.7. The van der Waals surface area contributed by atoms with Gasteiger partial charge in [0, 0.05) is 6.42 Å². The van der Waals surface area contributed by atoms with Crippen molar-refractivity contribution in [2.75, 3.05) is 6.61 Å². The molecule has 0 aromatic carbocycles. The molecule has 7 heteroatoms. The zero-order chi connectivity index (χ0) is 44.7. The van der Waals surface area contributed by atoms with Gasteiger partial charge in [-0.15, -0.1) is 0 Å². The fourth-order valence-corrected chi connectivity index (χ4v) is 12.8. The van der Waals surface area contributed by atoms with Crippen molar-refractivity contribution in [1.82, 2.24) is 0 Å². The number of aliphatic hydroxyl groups is 3. The molecule has 1 aliphatic heterocycles. The molecule has 3 saturated carbocycles. The number of ether oxygens (including phenoxy) is 3. The van der Waals surface area contributed by atoms with E-state index in [1.54, 1.807) is 0 Å². The van der Waals surface area contributed by atoms with E-state index in [-0.39, 0.29) is 24.1 Å². The summed E-state index contributed by atoms with van der Waals surface area (Å²) in [5.41, 5.74) is 2.04. The minimum Gasteiger partial charge on any atom is -0.463 e. The Kier molecular flexibility index (Phi) is 20.6. The molecule has 5 aliphatic rings. The topological polar surface area (TPSA) is 105 Å². The minimum atomic E-state index is -1.45. The minimum absolute atomic E-state index is 0.152. The van der Waals surface area contributed by atoms with Gasteiger partial charge < -0.3 is 29.5 Å². The summed E-state index contributed by atoms with van der Waals surface area (Å²) in [6.07, 6.45) is 37.2. The molecule has 352 valence electrons. The van der Waals surface area contributed by atoms with Gasteiger partial charge in [-0.3, -0.25) is 4.79 Å². The lowest BCUT2D eigenvalue weighted by Crippen LogP contribution is -2.60. The van der Waals surface area contributed by atoms with E-state index in [0.29, 0.717) is 35.5 Å². The van der Waals surface area contributed by atoms with Crippen LogP contribution < -0.4 is 0 Å². The van der Waals surface area contributed by atoms with Gasteiger partial charge in [0.15, 0.2) is 6.29 Å². The Hall–Kier alpha value is -2.03. The van der Waals surface area contributed by atoms with Gasteiger partial charge in [0.1, 0.15) is 31.0 Å². The summed E-state index contributed by atoms with van der Waals surface area (Å²) < 4.78 is 18.0. The van der Waals surface area contributed by atoms with Crippen molar-refractivity contribution in [1.29, 1.82) is 0 Å². The lowest BCUT2D eigenvalue weighted by Gasteiger charge is -2.58. The maximum Gasteiger partial charge on any atom is 0.305 e. The number of rotatable bonds is 24. The molecule has 1 saturated heterocycles. The van der Waals surface area contributed by atoms with Crippen molar-refractivity contribution in [2.45, 2.75) is 220 Å². The zero-order valence-corrected chi connectivity index (χ0v) is 40.2. The van der Waals surface area contributed by atoms with Gasteiger partial charge in [-0.1, -0.05) is 141 Å². The summed E-state index contributed by atoms with van der Waals surface area (Å²) in [4.78, 5) is 12.6. The Balaban J connectivity index is 1.01. The highest BCUT2D eigenvalue weighted by molar-refractivity contribution is 5.69. The van der Waals surface area contributed by atoms with Crippen LogP contribution >= 0.6 is 0 Å². The van der Waals surface area contributed by atoms with Crippen LogP contribution in [0.25, 0.3) is 0 Å². The molecular weight excluding hydrogens is 773 g/mol. The Morgan fingerprint density at radius 2 is 1.50 bits per heavy atom. The van der Waals surface area contributed by atoms with E-state index in [4.69, 9.17) is 14.2 Å². The van der Waals surface area contributed by atoms with E-state index in [1.165, 1.54) is 63.4 Å². The molecule has 0 spiro atoms. The highest BCUT2D eigenvalue weighted by atomic mass is 16.7. The van der Waals surface area contributed by atoms with E-state index < -0.39 is 30.7 Å². The number of carbonyl (C=O) groups excluding carboxylic acids is 1. The molecule has 0 bridgehead atoms. The largest absolute Gasteiger partial charge is 0.463 e. The standard InChI is InChI=1S/C55H90O7/c1-8-10-11-12-13-14-15-16-17-18-19-20-21-22-23-24-25-26-49(56)60-38-48-50(57)51(58)52(59)53(62-48)61-43-33-35-54(6)42(37-43)29-30-44-46-32-31-45(55(46,7)36-34-47(44)54)40(5)27-28-41(9-2)39(3)4/h10-11,13-14,16-17,27-29,39-41,43-48,50-53,57-59H,8-9,12,15,18-26,30-38H2,1-7H3/b11-10-,14-13-,17-16-,28-27+/t40-,41-,43+,44+,45-,46+,47+,48?,50-,51?,52?,53-,54+,55-/m1/s1. The Labute approximate surface area is 378 Å². The third kappa shape index (κ3) is 13.3. The third-order valence-corrected chi connectivity index (χ3v) is 16.7. The summed E-state index contributed by atoms with van der Waals surface area (Å²) in [5.74, 6) is 4.58. The number of hydrogen-bond donors (Lipinski definition) is 3. The van der Waals surface area contributed by atoms with E-state index >= 15 is 0 Å². The van der Waals surface area contributed by atoms with Gasteiger partial charge >= 0.3 is 5.97 Å². The second-order valence-electron chi connectivity index (χ2n) is 21.1. The molecule has 0 amide bonds. The van der Waals surface area contributed by atoms with Crippen molar-refractivity contribution in [2.24, 2.45) is 52.3 Å². The Bertz CT molecular complexity index is 1500. The van der Waals surface area contributed by atoms with Crippen molar-refractivity contribution >= 4 is 5.97 Å². The number of esters is 1. The molecule has 1 heterocycles. The molecule has 4 aliphatic carbocycles. The fourth-order valence-electron chi connectivity index (χ4n) is 12.8. The van der Waals surface area contributed by atoms with E-state index in [9.17, 15) is 20.1 Å². The first kappa shape index (κ1) is 51.0. The van der Waals surface area contributed by atoms with Gasteiger partial charge in [-0.2, -0.15) is 0 Å². The first-order chi connectivity index (χ1) is 29.8. The Morgan fingerprint density at radius 3 is 2.21 bits per heavy atom. The average Bonchev–Trinajstić information content (AvgIpc) is 3.62. The van der Waals surface area contributed by atoms with Gasteiger partial charge in [0.25, 0.3) is 0 Å². The van der Waals surface area contributed by atoms with E-state index in [2.05, 4.69) is 103 Å². The number of hydrogen-bond acceptors (Lipinski definition) is 7. The third-order valence-electron chi connectivity index (χ3n) is 16.7. The van der Waals surface area contributed by atoms with Gasteiger partial charge in [0.2, 0.25) is 0 Å². The second-order valence-corrected chi connectivity index (χ2v) is 21.1. The number of aliphatic hydroxyl groups excluding tert-OH is 3. The normalized spacial score (nSPS) is 36.0. The summed E-state index contributed by atoms with van der Waals surface area (Å²) in [7, 11) is 0. The molecule has 0 radical (unpaired) electrons. The quantitative estimate of drug-likeness (QED) is 0.0504. The predicted octanol–water partition coefficient (Wildman–Crippen LogP) is 12.5. The van der Waals surface area contributed by atoms with Crippen LogP contribution in [0.1, 0.15) is 183 Å². The number of unbranched alkanes of at least 4 members (excludes halogenated alkanes) is 7. The first-order valence-electron chi connectivity index (χ1n) is 25.7. The maximum absolute atomic E-state index is 12.6. The maximum atomic E-state index is 12.6. The molecule has 7 nitrogen and oxygen atoms in total. The molecule has 14 atom stereocenters. The number of carbonyl (C=O) groups is 1. The second kappa shape index (κ2) is 25.0. The molecule has 5 rings (SSSR count). The molecular formula is C55H90O7. The monoisotopic (exact) mass is 863 g/mol. The molecule has 62 heavy (non-hydrogen) atoms. The van der Waals surface area contributed by atoms with Gasteiger partial charge in [0.05, 0.1) is 6.10 Å². The smallest absolute Gasteiger partial charge is 0.305 e. The van der Waals surface area contributed by atoms with E-state index in [0.717, 1.165) is 88.4 Å². The summed E-state index contributed by atoms with van der Waals surface area (Å²) >= 11 is 0. The fraction of sp³-hybridized carbons (Fsp3) is 0.800. The lowest BCUT2D eigenvalue weighted by atomic mass is 9.47. The van der Waals surface area contributed by atoms with Crippen LogP contribution in [0, 0.1) is 52.3 Å². The van der Waals surface area contributed by atoms with Crippen LogP contribution in [0.15, 0.2) is 60.3 Å². The van der Waals surface area contributed by atoms with Crippen LogP contribution in [0.3, 0.4) is 0 Å². The molecule has 4 fully saturated rings. The van der Waals surface area contributed by atoms with Gasteiger partial charge in [-0.05, 0) is 149 Å². The van der Waals surface area contributed by atoms with Crippen molar-refractivity contribution in [3.63, 3.8) is 0 Å². The average molecular weight is 863 g/mol. The van der Waals surface area contributed by atoms with E-state index in [1.807, 2.05) is 0 Å². The van der Waals surface area contributed by atoms with Crippen molar-refractivity contribution in [3.8, 4) is 0 Å². The summed E-state index contributed by atoms with van der Waals surface area (Å²) in [5, 5.41) is 32.6. The van der Waals surface area contributed by atoms with Crippen LogP contribution in [0.2, 0.25) is 0 Å². The number of fused-ring (bicyclic) bond motifs is 5. The van der Waals surface area contributed by atoms with Crippen molar-refractivity contribution < 1.29 is 34.3 Å². The molecule has 3 N–H and O–H groups in total. The Morgan fingerprint density at radius 1 is 0.806 bits per heavy atom. The molecule has 0 aromatic heterocycles. The molecule has 3 unspecified atom stereocenters. The predicted molar refractivity (Wildman–Crippen MR) is 253 cm³/mol. The summed E-state index contributed by atoms with van der Waals surface area (Å²) in [6, 6.07) is 0. The van der Waals surface area contributed by atoms with Crippen LogP contribution in [0.4, 0.5) is 0 Å². The van der Waals surface area contributed by atoms with Crippen molar-refractivity contribution in [3.05, 3.63) is 60.3 Å². The van der Waals surface area contributed by atoms with Crippen LogP contribution in [0.5, 0.6) is 0 Å². The zero-order valence-electron chi connectivity index (χ0n) is 40.2. The lowest BCUT2D eigenvalue weighted by molar-refractivity contribution is -0.313. The SMILES string of the molecule is CC/C=C\C/C=C\C/C=C\CCCCCCCCCC(=O)OCC1O[C@@H](O[C@H]2CC[C@@]3(C)C(=CC[C@H]4[C@@H]5CC[C@H]([C@H](C)/C=C/[C@@H](CC)C(C)C)[C@@]5(C)CC[C@@H]43)C2)C(O)C(O)[C@@H]1O. The summed E-state index contributed by atoms with van der Waals surface area (Å²) in [6.45, 7) is 16.6. The highest BCUT2D eigenvalue weighted by Crippen LogP contribution is 2.67.